The van der Waals surface area contributed by atoms with E-state index < -0.39 is 26.5 Å². The van der Waals surface area contributed by atoms with Crippen molar-refractivity contribution < 1.29 is 26.7 Å². The van der Waals surface area contributed by atoms with Gasteiger partial charge in [0.25, 0.3) is 0 Å². The number of urea groups is 1. The van der Waals surface area contributed by atoms with Gasteiger partial charge in [0.05, 0.1) is 4.90 Å². The van der Waals surface area contributed by atoms with Crippen molar-refractivity contribution in [2.45, 2.75) is 30.9 Å². The predicted octanol–water partition coefficient (Wildman–Crippen LogP) is 2.87. The number of hydrogen-bond acceptors (Lipinski definition) is 4. The molecule has 0 aromatic heterocycles. The minimum Gasteiger partial charge on any atom is -0.381 e. The largest absolute Gasteiger partial charge is 0.381 e. The van der Waals surface area contributed by atoms with Crippen LogP contribution in [-0.4, -0.2) is 40.0 Å². The molecule has 0 radical (unpaired) electrons. The van der Waals surface area contributed by atoms with Crippen molar-refractivity contribution in [2.75, 3.05) is 25.1 Å². The Kier molecular flexibility index (Phi) is 8.06. The maximum atomic E-state index is 12.5. The molecule has 9 heteroatoms. The highest BCUT2D eigenvalue weighted by molar-refractivity contribution is 7.91. The van der Waals surface area contributed by atoms with Crippen molar-refractivity contribution in [1.29, 1.82) is 0 Å². The quantitative estimate of drug-likeness (QED) is 0.660. The molecule has 0 fully saturated rings. The summed E-state index contributed by atoms with van der Waals surface area (Å²) in [5.74, 6) is -3.06. The molecule has 2 amide bonds. The smallest absolute Gasteiger partial charge is 0.341 e. The number of halogens is 2. The third-order valence-electron chi connectivity index (χ3n) is 2.86. The third kappa shape index (κ3) is 6.79. The predicted molar refractivity (Wildman–Crippen MR) is 86.9 cm³/mol. The van der Waals surface area contributed by atoms with Crippen molar-refractivity contribution in [3.63, 3.8) is 0 Å². The second kappa shape index (κ2) is 9.53. The number of ether oxygens (including phenoxy) is 1. The summed E-state index contributed by atoms with van der Waals surface area (Å²) < 4.78 is 53.2. The molecule has 0 saturated carbocycles. The summed E-state index contributed by atoms with van der Waals surface area (Å²) in [6, 6.07) is 4.19. The lowest BCUT2D eigenvalue weighted by atomic mass is 10.2. The van der Waals surface area contributed by atoms with Crippen LogP contribution in [0.2, 0.25) is 0 Å². The molecule has 2 N–H and O–H groups in total. The lowest BCUT2D eigenvalue weighted by molar-refractivity contribution is 0.108. The SMILES string of the molecule is CC(C)COCCCNC(=O)Nc1cccc(S(=O)(=O)C(F)F)c1. The molecule has 0 atom stereocenters. The van der Waals surface area contributed by atoms with Crippen LogP contribution >= 0.6 is 0 Å². The lowest BCUT2D eigenvalue weighted by Gasteiger charge is -2.10. The number of carbonyl (C=O) groups excluding carboxylic acids is 1. The van der Waals surface area contributed by atoms with Crippen LogP contribution in [0.1, 0.15) is 20.3 Å². The van der Waals surface area contributed by atoms with Gasteiger partial charge in [-0.1, -0.05) is 19.9 Å². The van der Waals surface area contributed by atoms with Gasteiger partial charge >= 0.3 is 11.8 Å². The molecule has 1 rings (SSSR count). The molecule has 0 saturated heterocycles. The van der Waals surface area contributed by atoms with Crippen molar-refractivity contribution in [3.8, 4) is 0 Å². The standard InChI is InChI=1S/C15H22F2N2O4S/c1-11(2)10-23-8-4-7-18-15(20)19-12-5-3-6-13(9-12)24(21,22)14(16)17/h3,5-6,9,11,14H,4,7-8,10H2,1-2H3,(H2,18,19,20). The van der Waals surface area contributed by atoms with Crippen LogP contribution in [0, 0.1) is 5.92 Å². The number of sulfone groups is 1. The van der Waals surface area contributed by atoms with E-state index in [4.69, 9.17) is 4.74 Å². The molecule has 136 valence electrons. The molecule has 1 aromatic rings. The third-order valence-corrected chi connectivity index (χ3v) is 4.24. The van der Waals surface area contributed by atoms with Crippen LogP contribution in [0.25, 0.3) is 0 Å². The van der Waals surface area contributed by atoms with Crippen LogP contribution in [0.15, 0.2) is 29.2 Å². The average Bonchev–Trinajstić information content (AvgIpc) is 2.50. The molecule has 1 aromatic carbocycles. The van der Waals surface area contributed by atoms with Gasteiger partial charge in [-0.25, -0.2) is 13.2 Å². The second-order valence-corrected chi connectivity index (χ2v) is 7.45. The molecule has 24 heavy (non-hydrogen) atoms. The zero-order chi connectivity index (χ0) is 18.2. The van der Waals surface area contributed by atoms with E-state index in [0.29, 0.717) is 32.1 Å². The van der Waals surface area contributed by atoms with E-state index in [9.17, 15) is 22.0 Å². The molecule has 0 unspecified atom stereocenters. The zero-order valence-electron chi connectivity index (χ0n) is 13.6. The van der Waals surface area contributed by atoms with Crippen LogP contribution in [-0.2, 0) is 14.6 Å². The first kappa shape index (κ1) is 20.3. The summed E-state index contributed by atoms with van der Waals surface area (Å²) in [6.45, 7) is 5.61. The zero-order valence-corrected chi connectivity index (χ0v) is 14.4. The Morgan fingerprint density at radius 3 is 2.62 bits per heavy atom. The van der Waals surface area contributed by atoms with E-state index in [1.807, 2.05) is 13.8 Å². The minimum absolute atomic E-state index is 0.116. The Morgan fingerprint density at radius 2 is 2.00 bits per heavy atom. The van der Waals surface area contributed by atoms with Gasteiger partial charge in [-0.15, -0.1) is 0 Å². The van der Waals surface area contributed by atoms with Crippen LogP contribution < -0.4 is 10.6 Å². The lowest BCUT2D eigenvalue weighted by Crippen LogP contribution is -2.30. The summed E-state index contributed by atoms with van der Waals surface area (Å²) in [4.78, 5) is 11.1. The van der Waals surface area contributed by atoms with E-state index >= 15 is 0 Å². The second-order valence-electron chi connectivity index (χ2n) is 5.54. The van der Waals surface area contributed by atoms with Crippen molar-refractivity contribution in [3.05, 3.63) is 24.3 Å². The number of rotatable bonds is 9. The van der Waals surface area contributed by atoms with Gasteiger partial charge in [0.2, 0.25) is 9.84 Å². The fourth-order valence-corrected chi connectivity index (χ4v) is 2.49. The van der Waals surface area contributed by atoms with Crippen LogP contribution in [0.4, 0.5) is 19.3 Å². The summed E-state index contributed by atoms with van der Waals surface area (Å²) >= 11 is 0. The highest BCUT2D eigenvalue weighted by Crippen LogP contribution is 2.21. The van der Waals surface area contributed by atoms with Gasteiger partial charge in [0, 0.05) is 25.4 Å². The fraction of sp³-hybridized carbons (Fsp3) is 0.533. The first-order valence-corrected chi connectivity index (χ1v) is 9.03. The van der Waals surface area contributed by atoms with Gasteiger partial charge < -0.3 is 15.4 Å². The molecule has 0 aliphatic carbocycles. The minimum atomic E-state index is -4.69. The van der Waals surface area contributed by atoms with E-state index in [1.54, 1.807) is 0 Å². The first-order chi connectivity index (χ1) is 11.2. The van der Waals surface area contributed by atoms with Gasteiger partial charge in [-0.2, -0.15) is 8.78 Å². The molecule has 0 heterocycles. The fourth-order valence-electron chi connectivity index (χ4n) is 1.72. The maximum absolute atomic E-state index is 12.5. The Balaban J connectivity index is 2.45. The maximum Gasteiger partial charge on any atom is 0.341 e. The van der Waals surface area contributed by atoms with Gasteiger partial charge in [-0.05, 0) is 30.5 Å². The number of anilines is 1. The number of hydrogen-bond donors (Lipinski definition) is 2. The number of alkyl halides is 2. The Morgan fingerprint density at radius 1 is 1.29 bits per heavy atom. The topological polar surface area (TPSA) is 84.5 Å². The van der Waals surface area contributed by atoms with Crippen molar-refractivity contribution >= 4 is 21.6 Å². The summed E-state index contributed by atoms with van der Waals surface area (Å²) in [7, 11) is -4.69. The van der Waals surface area contributed by atoms with E-state index in [1.165, 1.54) is 12.1 Å². The van der Waals surface area contributed by atoms with Crippen molar-refractivity contribution in [2.24, 2.45) is 5.92 Å². The van der Waals surface area contributed by atoms with Crippen molar-refractivity contribution in [1.82, 2.24) is 5.32 Å². The highest BCUT2D eigenvalue weighted by atomic mass is 32.2. The summed E-state index contributed by atoms with van der Waals surface area (Å²) in [6.07, 6.45) is 0.625. The summed E-state index contributed by atoms with van der Waals surface area (Å²) in [5, 5.41) is 4.97. The molecular weight excluding hydrogens is 342 g/mol. The molecule has 0 aliphatic heterocycles. The monoisotopic (exact) mass is 364 g/mol. The molecule has 0 spiro atoms. The Bertz CT molecular complexity index is 636. The Hall–Kier alpha value is -1.74. The molecular formula is C15H22F2N2O4S. The molecule has 6 nitrogen and oxygen atoms in total. The van der Waals surface area contributed by atoms with E-state index in [0.717, 1.165) is 12.1 Å². The highest BCUT2D eigenvalue weighted by Gasteiger charge is 2.26. The normalized spacial score (nSPS) is 11.8. The number of nitrogens with one attached hydrogen (secondary N) is 2. The number of benzene rings is 1. The first-order valence-electron chi connectivity index (χ1n) is 7.48. The average molecular weight is 364 g/mol. The molecule has 0 aliphatic rings. The number of amides is 2. The van der Waals surface area contributed by atoms with E-state index in [-0.39, 0.29) is 5.69 Å². The molecule has 0 bridgehead atoms. The van der Waals surface area contributed by atoms with Crippen LogP contribution in [0.3, 0.4) is 0 Å². The van der Waals surface area contributed by atoms with Gasteiger partial charge in [-0.3, -0.25) is 0 Å². The summed E-state index contributed by atoms with van der Waals surface area (Å²) in [5.41, 5.74) is 0.116. The Labute approximate surface area is 140 Å². The van der Waals surface area contributed by atoms with E-state index in [2.05, 4.69) is 10.6 Å². The van der Waals surface area contributed by atoms with Crippen LogP contribution in [0.5, 0.6) is 0 Å². The van der Waals surface area contributed by atoms with Gasteiger partial charge in [0.15, 0.2) is 0 Å². The number of carbonyl (C=O) groups is 1. The van der Waals surface area contributed by atoms with Gasteiger partial charge in [0.1, 0.15) is 0 Å².